The molecular formula is C18H36N4O. The summed E-state index contributed by atoms with van der Waals surface area (Å²) in [5.41, 5.74) is 0. The molecule has 1 aliphatic heterocycles. The van der Waals surface area contributed by atoms with Gasteiger partial charge in [-0.15, -0.1) is 0 Å². The fraction of sp³-hybridized carbons (Fsp3) is 0.944. The second-order valence-corrected chi connectivity index (χ2v) is 6.89. The van der Waals surface area contributed by atoms with Gasteiger partial charge in [-0.2, -0.15) is 0 Å². The number of nitrogens with one attached hydrogen (secondary N) is 2. The van der Waals surface area contributed by atoms with Crippen LogP contribution in [0.15, 0.2) is 4.99 Å². The number of hydrogen-bond acceptors (Lipinski definition) is 3. The molecule has 2 aliphatic rings. The van der Waals surface area contributed by atoms with Gasteiger partial charge in [-0.1, -0.05) is 6.92 Å². The van der Waals surface area contributed by atoms with Crippen LogP contribution in [0.1, 0.15) is 52.4 Å². The Bertz CT molecular complexity index is 336. The molecule has 5 nitrogen and oxygen atoms in total. The standard InChI is InChI=1S/C18H36N4O/c1-3-11-22-12-8-17(9-13-22)21-18(19-4-2)20-10-5-14-23-15-16-6-7-16/h16-17H,3-15H2,1-2H3,(H2,19,20,21). The Hall–Kier alpha value is -0.810. The number of aliphatic imine (C=N–C) groups is 1. The minimum Gasteiger partial charge on any atom is -0.381 e. The number of ether oxygens (including phenoxy) is 1. The number of nitrogens with zero attached hydrogens (tertiary/aromatic N) is 2. The summed E-state index contributed by atoms with van der Waals surface area (Å²) in [6.45, 7) is 11.6. The van der Waals surface area contributed by atoms with Gasteiger partial charge in [0, 0.05) is 45.4 Å². The molecule has 0 aromatic carbocycles. The molecule has 0 aromatic rings. The van der Waals surface area contributed by atoms with Gasteiger partial charge in [-0.25, -0.2) is 0 Å². The Labute approximate surface area is 142 Å². The third-order valence-corrected chi connectivity index (χ3v) is 4.58. The average molecular weight is 325 g/mol. The van der Waals surface area contributed by atoms with Crippen molar-refractivity contribution in [3.8, 4) is 0 Å². The molecule has 0 aromatic heterocycles. The van der Waals surface area contributed by atoms with Crippen LogP contribution in [0.5, 0.6) is 0 Å². The van der Waals surface area contributed by atoms with E-state index in [4.69, 9.17) is 9.73 Å². The van der Waals surface area contributed by atoms with Gasteiger partial charge < -0.3 is 20.3 Å². The first-order valence-corrected chi connectivity index (χ1v) is 9.66. The summed E-state index contributed by atoms with van der Waals surface area (Å²) >= 11 is 0. The number of likely N-dealkylation sites (tertiary alicyclic amines) is 1. The van der Waals surface area contributed by atoms with E-state index in [1.807, 2.05) is 0 Å². The molecule has 5 heteroatoms. The molecule has 2 rings (SSSR count). The number of rotatable bonds is 10. The molecular weight excluding hydrogens is 288 g/mol. The Kier molecular flexibility index (Phi) is 8.76. The molecule has 0 amide bonds. The normalized spacial score (nSPS) is 20.7. The zero-order chi connectivity index (χ0) is 16.3. The predicted octanol–water partition coefficient (Wildman–Crippen LogP) is 2.23. The van der Waals surface area contributed by atoms with Crippen molar-refractivity contribution in [1.82, 2.24) is 15.5 Å². The maximum atomic E-state index is 5.67. The Morgan fingerprint density at radius 1 is 1.17 bits per heavy atom. The highest BCUT2D eigenvalue weighted by Crippen LogP contribution is 2.28. The lowest BCUT2D eigenvalue weighted by Gasteiger charge is -2.32. The molecule has 1 aliphatic carbocycles. The maximum Gasteiger partial charge on any atom is 0.191 e. The van der Waals surface area contributed by atoms with Crippen molar-refractivity contribution in [2.75, 3.05) is 45.9 Å². The van der Waals surface area contributed by atoms with E-state index in [0.29, 0.717) is 6.04 Å². The molecule has 0 bridgehead atoms. The zero-order valence-electron chi connectivity index (χ0n) is 15.1. The molecule has 0 radical (unpaired) electrons. The van der Waals surface area contributed by atoms with Gasteiger partial charge >= 0.3 is 0 Å². The first-order chi connectivity index (χ1) is 11.3. The van der Waals surface area contributed by atoms with Crippen LogP contribution < -0.4 is 10.6 Å². The summed E-state index contributed by atoms with van der Waals surface area (Å²) in [4.78, 5) is 7.26. The lowest BCUT2D eigenvalue weighted by molar-refractivity contribution is 0.123. The number of guanidine groups is 1. The maximum absolute atomic E-state index is 5.67. The topological polar surface area (TPSA) is 48.9 Å². The number of hydrogen-bond donors (Lipinski definition) is 2. The van der Waals surface area contributed by atoms with Crippen molar-refractivity contribution in [3.05, 3.63) is 0 Å². The van der Waals surface area contributed by atoms with Crippen LogP contribution in [0.4, 0.5) is 0 Å². The third kappa shape index (κ3) is 8.02. The SMILES string of the molecule is CCCN1CCC(NC(=NCCCOCC2CC2)NCC)CC1. The van der Waals surface area contributed by atoms with Gasteiger partial charge in [0.2, 0.25) is 0 Å². The van der Waals surface area contributed by atoms with Crippen molar-refractivity contribution in [1.29, 1.82) is 0 Å². The van der Waals surface area contributed by atoms with E-state index in [-0.39, 0.29) is 0 Å². The Balaban J connectivity index is 1.60. The van der Waals surface area contributed by atoms with Gasteiger partial charge in [0.05, 0.1) is 0 Å². The molecule has 0 unspecified atom stereocenters. The van der Waals surface area contributed by atoms with Crippen LogP contribution >= 0.6 is 0 Å². The Morgan fingerprint density at radius 3 is 2.61 bits per heavy atom. The largest absolute Gasteiger partial charge is 0.381 e. The van der Waals surface area contributed by atoms with Gasteiger partial charge in [-0.3, -0.25) is 4.99 Å². The van der Waals surface area contributed by atoms with Crippen LogP contribution in [0.25, 0.3) is 0 Å². The van der Waals surface area contributed by atoms with Crippen molar-refractivity contribution >= 4 is 5.96 Å². The molecule has 1 saturated heterocycles. The molecule has 23 heavy (non-hydrogen) atoms. The molecule has 0 atom stereocenters. The van der Waals surface area contributed by atoms with Gasteiger partial charge in [0.25, 0.3) is 0 Å². The summed E-state index contributed by atoms with van der Waals surface area (Å²) in [7, 11) is 0. The van der Waals surface area contributed by atoms with E-state index >= 15 is 0 Å². The first kappa shape index (κ1) is 18.5. The van der Waals surface area contributed by atoms with Crippen LogP contribution in [0.2, 0.25) is 0 Å². The molecule has 134 valence electrons. The molecule has 1 heterocycles. The predicted molar refractivity (Wildman–Crippen MR) is 97.0 cm³/mol. The summed E-state index contributed by atoms with van der Waals surface area (Å²) in [6.07, 6.45) is 7.43. The molecule has 2 N–H and O–H groups in total. The molecule has 2 fully saturated rings. The van der Waals surface area contributed by atoms with Gasteiger partial charge in [0.15, 0.2) is 5.96 Å². The molecule has 1 saturated carbocycles. The summed E-state index contributed by atoms with van der Waals surface area (Å²) in [5.74, 6) is 1.83. The van der Waals surface area contributed by atoms with Gasteiger partial charge in [-0.05, 0) is 57.9 Å². The van der Waals surface area contributed by atoms with E-state index in [9.17, 15) is 0 Å². The zero-order valence-corrected chi connectivity index (χ0v) is 15.1. The highest BCUT2D eigenvalue weighted by molar-refractivity contribution is 5.80. The molecule has 0 spiro atoms. The fourth-order valence-corrected chi connectivity index (χ4v) is 3.02. The lowest BCUT2D eigenvalue weighted by atomic mass is 10.1. The minimum absolute atomic E-state index is 0.562. The smallest absolute Gasteiger partial charge is 0.191 e. The highest BCUT2D eigenvalue weighted by Gasteiger charge is 2.21. The van der Waals surface area contributed by atoms with Crippen LogP contribution in [-0.2, 0) is 4.74 Å². The minimum atomic E-state index is 0.562. The second-order valence-electron chi connectivity index (χ2n) is 6.89. The van der Waals surface area contributed by atoms with E-state index in [1.54, 1.807) is 0 Å². The van der Waals surface area contributed by atoms with Crippen molar-refractivity contribution in [2.24, 2.45) is 10.9 Å². The van der Waals surface area contributed by atoms with E-state index in [0.717, 1.165) is 44.6 Å². The van der Waals surface area contributed by atoms with E-state index in [2.05, 4.69) is 29.4 Å². The van der Waals surface area contributed by atoms with Crippen LogP contribution in [0, 0.1) is 5.92 Å². The number of piperidine rings is 1. The fourth-order valence-electron chi connectivity index (χ4n) is 3.02. The van der Waals surface area contributed by atoms with Gasteiger partial charge in [0.1, 0.15) is 0 Å². The first-order valence-electron chi connectivity index (χ1n) is 9.66. The highest BCUT2D eigenvalue weighted by atomic mass is 16.5. The van der Waals surface area contributed by atoms with Crippen LogP contribution in [0.3, 0.4) is 0 Å². The quantitative estimate of drug-likeness (QED) is 0.368. The van der Waals surface area contributed by atoms with Crippen molar-refractivity contribution < 1.29 is 4.74 Å². The van der Waals surface area contributed by atoms with Crippen LogP contribution in [-0.4, -0.2) is 62.8 Å². The Morgan fingerprint density at radius 2 is 1.96 bits per heavy atom. The summed E-state index contributed by atoms with van der Waals surface area (Å²) in [6, 6.07) is 0.562. The lowest BCUT2D eigenvalue weighted by Crippen LogP contribution is -2.48. The third-order valence-electron chi connectivity index (χ3n) is 4.58. The van der Waals surface area contributed by atoms with E-state index < -0.39 is 0 Å². The van der Waals surface area contributed by atoms with E-state index in [1.165, 1.54) is 51.7 Å². The van der Waals surface area contributed by atoms with Crippen molar-refractivity contribution in [3.63, 3.8) is 0 Å². The summed E-state index contributed by atoms with van der Waals surface area (Å²) in [5, 5.41) is 6.98. The second kappa shape index (κ2) is 10.9. The average Bonchev–Trinajstić information content (AvgIpc) is 3.37. The monoisotopic (exact) mass is 324 g/mol. The van der Waals surface area contributed by atoms with Crippen molar-refractivity contribution in [2.45, 2.75) is 58.4 Å². The summed E-state index contributed by atoms with van der Waals surface area (Å²) < 4.78 is 5.67.